The lowest BCUT2D eigenvalue weighted by molar-refractivity contribution is 0.565. The predicted octanol–water partition coefficient (Wildman–Crippen LogP) is 12.2. The highest BCUT2D eigenvalue weighted by Gasteiger charge is 2.38. The maximum atomic E-state index is 2.58. The van der Waals surface area contributed by atoms with Gasteiger partial charge in [0, 0.05) is 57.5 Å². The number of thiophene rings is 2. The Bertz CT molecular complexity index is 2580. The van der Waals surface area contributed by atoms with E-state index in [1.807, 2.05) is 22.7 Å². The third kappa shape index (κ3) is 3.02. The molecule has 3 aromatic heterocycles. The van der Waals surface area contributed by atoms with E-state index in [9.17, 15) is 0 Å². The van der Waals surface area contributed by atoms with Crippen molar-refractivity contribution in [3.63, 3.8) is 0 Å². The van der Waals surface area contributed by atoms with E-state index in [-0.39, 0.29) is 5.41 Å². The largest absolute Gasteiger partial charge is 0.308 e. The van der Waals surface area contributed by atoms with Gasteiger partial charge in [-0.25, -0.2) is 0 Å². The van der Waals surface area contributed by atoms with Crippen LogP contribution >= 0.6 is 22.7 Å². The fourth-order valence-corrected chi connectivity index (χ4v) is 10.7. The first-order chi connectivity index (χ1) is 21.0. The summed E-state index contributed by atoms with van der Waals surface area (Å²) in [5.74, 6) is 0.592. The molecule has 0 amide bonds. The molecule has 3 heterocycles. The molecule has 0 saturated carbocycles. The maximum Gasteiger partial charge on any atom is 0.0734 e. The maximum absolute atomic E-state index is 2.58. The molecule has 0 aliphatic heterocycles. The summed E-state index contributed by atoms with van der Waals surface area (Å²) in [6.07, 6.45) is 5.92. The summed E-state index contributed by atoms with van der Waals surface area (Å²) in [7, 11) is 0. The molecular weight excluding hydrogens is 559 g/mol. The van der Waals surface area contributed by atoms with Crippen LogP contribution in [0.3, 0.4) is 0 Å². The Morgan fingerprint density at radius 3 is 2.14 bits per heavy atom. The lowest BCUT2D eigenvalue weighted by atomic mass is 9.76. The van der Waals surface area contributed by atoms with Crippen molar-refractivity contribution in [3.8, 4) is 5.69 Å². The van der Waals surface area contributed by atoms with Crippen molar-refractivity contribution in [2.45, 2.75) is 32.6 Å². The summed E-state index contributed by atoms with van der Waals surface area (Å²) < 4.78 is 8.08. The number of hydrogen-bond acceptors (Lipinski definition) is 2. The zero-order valence-corrected chi connectivity index (χ0v) is 26.0. The van der Waals surface area contributed by atoms with Crippen molar-refractivity contribution in [3.05, 3.63) is 120 Å². The Hall–Kier alpha value is -4.18. The summed E-state index contributed by atoms with van der Waals surface area (Å²) in [5.41, 5.74) is 9.81. The van der Waals surface area contributed by atoms with E-state index in [1.54, 1.807) is 5.57 Å². The van der Waals surface area contributed by atoms with Crippen LogP contribution in [0.4, 0.5) is 0 Å². The molecule has 0 N–H and O–H groups in total. The fourth-order valence-electron chi connectivity index (χ4n) is 8.17. The summed E-state index contributed by atoms with van der Waals surface area (Å²) in [4.78, 5) is 0. The average Bonchev–Trinajstić information content (AvgIpc) is 3.74. The SMILES string of the molecule is CC1C=CC2=C(C1)C(C)(C)c1cc(-n3c4ccccc4c4c5sc6ccccc6c5c5c6ccccc6sc5c43)ccc12. The number of hydrogen-bond donors (Lipinski definition) is 0. The lowest BCUT2D eigenvalue weighted by Gasteiger charge is -2.28. The Labute approximate surface area is 258 Å². The van der Waals surface area contributed by atoms with Crippen LogP contribution in [0, 0.1) is 5.92 Å². The third-order valence-corrected chi connectivity index (χ3v) is 12.5. The van der Waals surface area contributed by atoms with E-state index in [4.69, 9.17) is 0 Å². The van der Waals surface area contributed by atoms with Crippen molar-refractivity contribution in [2.75, 3.05) is 0 Å². The molecule has 1 atom stereocenters. The highest BCUT2D eigenvalue weighted by molar-refractivity contribution is 7.29. The van der Waals surface area contributed by atoms with E-state index in [1.165, 1.54) is 84.5 Å². The van der Waals surface area contributed by atoms with E-state index < -0.39 is 0 Å². The van der Waals surface area contributed by atoms with Crippen LogP contribution in [0.2, 0.25) is 0 Å². The number of aromatic nitrogens is 1. The number of fused-ring (bicyclic) bond motifs is 14. The third-order valence-electron chi connectivity index (χ3n) is 10.2. The van der Waals surface area contributed by atoms with Crippen molar-refractivity contribution >= 4 is 90.4 Å². The molecule has 8 aromatic rings. The van der Waals surface area contributed by atoms with E-state index >= 15 is 0 Å². The summed E-state index contributed by atoms with van der Waals surface area (Å²) in [5, 5.41) is 8.27. The Morgan fingerprint density at radius 2 is 1.37 bits per heavy atom. The minimum absolute atomic E-state index is 0.0180. The van der Waals surface area contributed by atoms with Crippen LogP contribution in [0.1, 0.15) is 38.3 Å². The standard InChI is InChI=1S/C40H29NS2/c1-22-16-18-24-25-19-17-23(21-30(25)40(2,3)29(24)20-22)41-31-13-7-4-10-26(31)36-37(41)39-35(28-12-6-9-15-33(28)43-39)34-27-11-5-8-14-32(27)42-38(34)36/h4-19,21-22H,20H2,1-3H3. The molecule has 0 bridgehead atoms. The molecule has 2 aliphatic rings. The van der Waals surface area contributed by atoms with Crippen molar-refractivity contribution in [1.29, 1.82) is 0 Å². The minimum atomic E-state index is 0.0180. The topological polar surface area (TPSA) is 4.93 Å². The van der Waals surface area contributed by atoms with Gasteiger partial charge in [0.1, 0.15) is 0 Å². The van der Waals surface area contributed by atoms with Gasteiger partial charge in [-0.3, -0.25) is 0 Å². The van der Waals surface area contributed by atoms with Gasteiger partial charge in [0.2, 0.25) is 0 Å². The lowest BCUT2D eigenvalue weighted by Crippen LogP contribution is -2.19. The Balaban J connectivity index is 1.39. The molecule has 2 aliphatic carbocycles. The average molecular weight is 588 g/mol. The van der Waals surface area contributed by atoms with Crippen LogP contribution in [0.5, 0.6) is 0 Å². The fraction of sp³-hybridized carbons (Fsp3) is 0.150. The summed E-state index contributed by atoms with van der Waals surface area (Å²) in [6, 6.07) is 34.3. The molecular formula is C40H29NS2. The van der Waals surface area contributed by atoms with Crippen molar-refractivity contribution < 1.29 is 0 Å². The summed E-state index contributed by atoms with van der Waals surface area (Å²) >= 11 is 3.90. The molecule has 206 valence electrons. The number of allylic oxidation sites excluding steroid dienone is 4. The van der Waals surface area contributed by atoms with Gasteiger partial charge in [-0.1, -0.05) is 99.2 Å². The van der Waals surface area contributed by atoms with Gasteiger partial charge in [0.25, 0.3) is 0 Å². The van der Waals surface area contributed by atoms with Crippen molar-refractivity contribution in [1.82, 2.24) is 4.57 Å². The number of nitrogens with zero attached hydrogens (tertiary/aromatic N) is 1. The Kier molecular flexibility index (Phi) is 4.66. The molecule has 0 radical (unpaired) electrons. The van der Waals surface area contributed by atoms with Gasteiger partial charge >= 0.3 is 0 Å². The molecule has 43 heavy (non-hydrogen) atoms. The first kappa shape index (κ1) is 24.3. The van der Waals surface area contributed by atoms with Gasteiger partial charge in [0.05, 0.1) is 15.7 Å². The van der Waals surface area contributed by atoms with E-state index in [0.717, 1.165) is 6.42 Å². The van der Waals surface area contributed by atoms with Crippen LogP contribution in [0.15, 0.2) is 109 Å². The predicted molar refractivity (Wildman–Crippen MR) is 189 cm³/mol. The molecule has 1 nitrogen and oxygen atoms in total. The first-order valence-electron chi connectivity index (χ1n) is 15.3. The van der Waals surface area contributed by atoms with E-state index in [0.29, 0.717) is 5.92 Å². The number of benzene rings is 5. The highest BCUT2D eigenvalue weighted by atomic mass is 32.1. The summed E-state index contributed by atoms with van der Waals surface area (Å²) in [6.45, 7) is 7.20. The minimum Gasteiger partial charge on any atom is -0.308 e. The van der Waals surface area contributed by atoms with Crippen LogP contribution in [0.25, 0.3) is 73.4 Å². The van der Waals surface area contributed by atoms with Gasteiger partial charge in [-0.05, 0) is 59.4 Å². The smallest absolute Gasteiger partial charge is 0.0734 e. The zero-order valence-electron chi connectivity index (χ0n) is 24.4. The van der Waals surface area contributed by atoms with Crippen LogP contribution < -0.4 is 0 Å². The normalized spacial score (nSPS) is 17.8. The van der Waals surface area contributed by atoms with Crippen molar-refractivity contribution in [2.24, 2.45) is 5.92 Å². The molecule has 3 heteroatoms. The number of para-hydroxylation sites is 1. The second kappa shape index (κ2) is 8.25. The monoisotopic (exact) mass is 587 g/mol. The molecule has 1 unspecified atom stereocenters. The first-order valence-corrected chi connectivity index (χ1v) is 16.9. The quantitative estimate of drug-likeness (QED) is 0.180. The second-order valence-corrected chi connectivity index (χ2v) is 15.1. The van der Waals surface area contributed by atoms with Gasteiger partial charge in [-0.15, -0.1) is 22.7 Å². The Morgan fingerprint density at radius 1 is 0.721 bits per heavy atom. The van der Waals surface area contributed by atoms with Crippen LogP contribution in [-0.4, -0.2) is 4.57 Å². The zero-order chi connectivity index (χ0) is 28.6. The number of rotatable bonds is 1. The van der Waals surface area contributed by atoms with Crippen LogP contribution in [-0.2, 0) is 5.41 Å². The molecule has 0 saturated heterocycles. The van der Waals surface area contributed by atoms with Gasteiger partial charge in [0.15, 0.2) is 0 Å². The molecule has 0 fully saturated rings. The van der Waals surface area contributed by atoms with Gasteiger partial charge in [-0.2, -0.15) is 0 Å². The highest BCUT2D eigenvalue weighted by Crippen LogP contribution is 2.54. The van der Waals surface area contributed by atoms with Gasteiger partial charge < -0.3 is 4.57 Å². The van der Waals surface area contributed by atoms with E-state index in [2.05, 4.69) is 128 Å². The second-order valence-electron chi connectivity index (χ2n) is 13.0. The molecule has 5 aromatic carbocycles. The molecule has 10 rings (SSSR count). The molecule has 0 spiro atoms.